The number of aromatic nitrogens is 1. The predicted octanol–water partition coefficient (Wildman–Crippen LogP) is 4.33. The molecule has 3 heterocycles. The molecule has 0 aromatic carbocycles. The molecule has 1 unspecified atom stereocenters. The van der Waals surface area contributed by atoms with Gasteiger partial charge in [0, 0.05) is 13.1 Å². The minimum Gasteiger partial charge on any atom is -0.444 e. The molecule has 1 aliphatic rings. The molecule has 1 amide bonds. The fourth-order valence-corrected chi connectivity index (χ4v) is 5.24. The molecule has 2 aromatic heterocycles. The number of nitrogens with two attached hydrogens (primary N) is 1. The molecule has 0 bridgehead atoms. The highest BCUT2D eigenvalue weighted by atomic mass is 32.2. The van der Waals surface area contributed by atoms with E-state index in [1.54, 1.807) is 17.5 Å². The Morgan fingerprint density at radius 2 is 2.03 bits per heavy atom. The molecule has 0 saturated carbocycles. The van der Waals surface area contributed by atoms with Crippen LogP contribution in [0.5, 0.6) is 0 Å². The van der Waals surface area contributed by atoms with Crippen molar-refractivity contribution in [2.24, 2.45) is 0 Å². The van der Waals surface area contributed by atoms with E-state index >= 15 is 0 Å². The maximum atomic E-state index is 12.6. The number of carbonyl (C=O) groups excluding carboxylic acids is 1. The summed E-state index contributed by atoms with van der Waals surface area (Å²) in [7, 11) is 0. The second kappa shape index (κ2) is 9.03. The van der Waals surface area contributed by atoms with Crippen LogP contribution in [0.15, 0.2) is 17.6 Å². The molecule has 1 aliphatic heterocycles. The van der Waals surface area contributed by atoms with Gasteiger partial charge < -0.3 is 20.7 Å². The number of amides is 1. The molecule has 0 radical (unpaired) electrons. The van der Waals surface area contributed by atoms with Crippen LogP contribution in [0, 0.1) is 0 Å². The van der Waals surface area contributed by atoms with Gasteiger partial charge in [-0.1, -0.05) is 0 Å². The molecule has 3 rings (SSSR count). The van der Waals surface area contributed by atoms with Crippen LogP contribution in [0.25, 0.3) is 10.2 Å². The lowest BCUT2D eigenvalue weighted by Crippen LogP contribution is -2.57. The molecule has 1 saturated heterocycles. The Morgan fingerprint density at radius 1 is 1.32 bits per heavy atom. The summed E-state index contributed by atoms with van der Waals surface area (Å²) in [6, 6.07) is 1.78. The molecule has 172 valence electrons. The van der Waals surface area contributed by atoms with E-state index in [0.29, 0.717) is 12.2 Å². The number of nitrogen functional groups attached to an aromatic ring is 1. The minimum absolute atomic E-state index is 0.0340. The number of fused-ring (bicyclic) bond motifs is 1. The zero-order valence-electron chi connectivity index (χ0n) is 19.5. The molecule has 2 aromatic rings. The van der Waals surface area contributed by atoms with Crippen LogP contribution in [0.1, 0.15) is 48.0 Å². The zero-order chi connectivity index (χ0) is 23.0. The molecular weight excluding hydrogens is 432 g/mol. The van der Waals surface area contributed by atoms with Crippen molar-refractivity contribution in [1.82, 2.24) is 10.3 Å². The first-order valence-corrected chi connectivity index (χ1v) is 13.0. The number of hydrogen-bond donors (Lipinski definition) is 2. The van der Waals surface area contributed by atoms with Gasteiger partial charge in [0.2, 0.25) is 0 Å². The smallest absolute Gasteiger partial charge is 0.408 e. The Hall–Kier alpha value is -1.71. The van der Waals surface area contributed by atoms with Crippen LogP contribution < -0.4 is 16.0 Å². The number of nitrogens with zero attached hydrogens (tertiary/aromatic N) is 2. The van der Waals surface area contributed by atoms with Crippen LogP contribution in [-0.2, 0) is 20.1 Å². The van der Waals surface area contributed by atoms with Crippen molar-refractivity contribution in [1.29, 1.82) is 0 Å². The number of thiophene rings is 1. The van der Waals surface area contributed by atoms with Crippen molar-refractivity contribution in [3.8, 4) is 0 Å². The van der Waals surface area contributed by atoms with E-state index in [1.165, 1.54) is 0 Å². The fraction of sp³-hybridized carbons (Fsp3) is 0.636. The Balaban J connectivity index is 1.85. The third kappa shape index (κ3) is 5.96. The van der Waals surface area contributed by atoms with Crippen LogP contribution in [-0.4, -0.2) is 52.9 Å². The van der Waals surface area contributed by atoms with Gasteiger partial charge >= 0.3 is 6.09 Å². The molecule has 1 fully saturated rings. The van der Waals surface area contributed by atoms with Gasteiger partial charge in [-0.25, -0.2) is 4.79 Å². The minimum atomic E-state index is -0.562. The Kier molecular flexibility index (Phi) is 6.98. The van der Waals surface area contributed by atoms with Crippen molar-refractivity contribution in [2.45, 2.75) is 70.5 Å². The molecular formula is C22H35N4O3S2+. The Labute approximate surface area is 192 Å². The summed E-state index contributed by atoms with van der Waals surface area (Å²) >= 11 is 1.37. The lowest BCUT2D eigenvalue weighted by atomic mass is 10.0. The molecule has 3 N–H and O–H groups in total. The molecule has 0 aliphatic carbocycles. The van der Waals surface area contributed by atoms with Gasteiger partial charge in [0.25, 0.3) is 0 Å². The quantitative estimate of drug-likeness (QED) is 0.651. The second-order valence-corrected chi connectivity index (χ2v) is 13.1. The number of piperidine rings is 1. The van der Waals surface area contributed by atoms with E-state index in [-0.39, 0.29) is 28.1 Å². The summed E-state index contributed by atoms with van der Waals surface area (Å²) in [5.41, 5.74) is 8.35. The summed E-state index contributed by atoms with van der Waals surface area (Å²) in [6.45, 7) is 13.5. The van der Waals surface area contributed by atoms with Crippen LogP contribution in [0.3, 0.4) is 0 Å². The van der Waals surface area contributed by atoms with Gasteiger partial charge in [-0.15, -0.1) is 11.3 Å². The van der Waals surface area contributed by atoms with Crippen molar-refractivity contribution < 1.29 is 13.7 Å². The maximum Gasteiger partial charge on any atom is 0.408 e. The van der Waals surface area contributed by atoms with Gasteiger partial charge in [0.1, 0.15) is 29.1 Å². The van der Waals surface area contributed by atoms with E-state index in [9.17, 15) is 4.79 Å². The number of alkyl carbamates (subject to hydrolysis) is 1. The van der Waals surface area contributed by atoms with E-state index < -0.39 is 11.7 Å². The third-order valence-electron chi connectivity index (χ3n) is 5.17. The van der Waals surface area contributed by atoms with Crippen LogP contribution in [0.4, 0.5) is 16.2 Å². The number of anilines is 2. The standard InChI is InChI=1S/C22H34N4O3S2/c1-21(2,3)28-20(27)25-16-13-26(10-8-17(16)29-31(7)22(4,5)6)18-14(23)12-24-15-9-11-30-19(15)18/h9,11-12,16-17H,8,10,13,23H2,1-7H3/p+1/t16-,17-,31?/m1/s1. The Bertz CT molecular complexity index is 920. The van der Waals surface area contributed by atoms with Gasteiger partial charge in [0.15, 0.2) is 4.75 Å². The monoisotopic (exact) mass is 467 g/mol. The average Bonchev–Trinajstić information content (AvgIpc) is 3.09. The number of nitrogens with one attached hydrogen (secondary N) is 1. The highest BCUT2D eigenvalue weighted by Gasteiger charge is 2.41. The van der Waals surface area contributed by atoms with Crippen LogP contribution in [0.2, 0.25) is 0 Å². The number of pyridine rings is 1. The van der Waals surface area contributed by atoms with Crippen molar-refractivity contribution in [3.05, 3.63) is 17.6 Å². The number of carbonyl (C=O) groups is 1. The first kappa shape index (κ1) is 23.9. The number of ether oxygens (including phenoxy) is 1. The highest BCUT2D eigenvalue weighted by molar-refractivity contribution is 7.93. The second-order valence-electron chi connectivity index (χ2n) is 9.89. The van der Waals surface area contributed by atoms with Gasteiger partial charge in [-0.2, -0.15) is 4.18 Å². The maximum absolute atomic E-state index is 12.6. The van der Waals surface area contributed by atoms with Gasteiger partial charge in [-0.05, 0) is 59.4 Å². The summed E-state index contributed by atoms with van der Waals surface area (Å²) < 4.78 is 13.1. The number of rotatable bonds is 4. The molecule has 0 spiro atoms. The largest absolute Gasteiger partial charge is 0.444 e. The van der Waals surface area contributed by atoms with E-state index in [4.69, 9.17) is 14.7 Å². The third-order valence-corrected chi connectivity index (χ3v) is 8.34. The summed E-state index contributed by atoms with van der Waals surface area (Å²) in [5.74, 6) is 0. The highest BCUT2D eigenvalue weighted by Crippen LogP contribution is 2.37. The van der Waals surface area contributed by atoms with Crippen molar-refractivity contribution in [2.75, 3.05) is 30.0 Å². The fourth-order valence-electron chi connectivity index (χ4n) is 3.41. The SMILES string of the molecule is C[S+](O[C@@H]1CCN(c2c(N)cnc3ccsc23)C[C@H]1NC(=O)OC(C)(C)C)C(C)(C)C. The van der Waals surface area contributed by atoms with E-state index in [0.717, 1.165) is 28.9 Å². The lowest BCUT2D eigenvalue weighted by molar-refractivity contribution is 0.0439. The van der Waals surface area contributed by atoms with Crippen molar-refractivity contribution >= 4 is 50.2 Å². The lowest BCUT2D eigenvalue weighted by Gasteiger charge is -2.39. The first-order valence-electron chi connectivity index (χ1n) is 10.5. The van der Waals surface area contributed by atoms with Gasteiger partial charge in [0.05, 0.1) is 33.8 Å². The summed E-state index contributed by atoms with van der Waals surface area (Å²) in [6.07, 6.45) is 4.09. The van der Waals surface area contributed by atoms with Crippen LogP contribution >= 0.6 is 11.3 Å². The number of hydrogen-bond acceptors (Lipinski definition) is 7. The first-order chi connectivity index (χ1) is 14.3. The predicted molar refractivity (Wildman–Crippen MR) is 132 cm³/mol. The average molecular weight is 468 g/mol. The van der Waals surface area contributed by atoms with E-state index in [2.05, 4.69) is 42.2 Å². The molecule has 7 nitrogen and oxygen atoms in total. The summed E-state index contributed by atoms with van der Waals surface area (Å²) in [5, 5.41) is 5.09. The molecule has 3 atom stereocenters. The van der Waals surface area contributed by atoms with E-state index in [1.807, 2.05) is 32.2 Å². The van der Waals surface area contributed by atoms with Gasteiger partial charge in [-0.3, -0.25) is 4.98 Å². The van der Waals surface area contributed by atoms with Crippen molar-refractivity contribution in [3.63, 3.8) is 0 Å². The normalized spacial score (nSPS) is 21.2. The topological polar surface area (TPSA) is 89.7 Å². The Morgan fingerprint density at radius 3 is 2.68 bits per heavy atom. The summed E-state index contributed by atoms with van der Waals surface area (Å²) in [4.78, 5) is 19.3. The molecule has 31 heavy (non-hydrogen) atoms. The molecule has 9 heteroatoms. The zero-order valence-corrected chi connectivity index (χ0v) is 21.2.